The zero-order valence-corrected chi connectivity index (χ0v) is 14.1. The number of hydrogen-bond acceptors (Lipinski definition) is 6. The molecule has 0 bridgehead atoms. The van der Waals surface area contributed by atoms with Gasteiger partial charge in [0.15, 0.2) is 5.75 Å². The van der Waals surface area contributed by atoms with E-state index in [-0.39, 0.29) is 0 Å². The van der Waals surface area contributed by atoms with Gasteiger partial charge in [-0.25, -0.2) is 4.98 Å². The van der Waals surface area contributed by atoms with E-state index in [1.165, 1.54) is 0 Å². The van der Waals surface area contributed by atoms with E-state index in [0.29, 0.717) is 24.8 Å². The molecule has 0 unspecified atom stereocenters. The highest BCUT2D eigenvalue weighted by molar-refractivity contribution is 6.62. The molecule has 0 amide bonds. The van der Waals surface area contributed by atoms with Crippen molar-refractivity contribution in [3.63, 3.8) is 0 Å². The zero-order chi connectivity index (χ0) is 16.4. The van der Waals surface area contributed by atoms with Gasteiger partial charge in [0.1, 0.15) is 6.61 Å². The van der Waals surface area contributed by atoms with Crippen molar-refractivity contribution in [2.45, 2.75) is 38.9 Å². The minimum atomic E-state index is -0.479. The monoisotopic (exact) mass is 309 g/mol. The van der Waals surface area contributed by atoms with Crippen molar-refractivity contribution in [1.82, 2.24) is 4.98 Å². The van der Waals surface area contributed by atoms with Crippen molar-refractivity contribution < 1.29 is 23.5 Å². The average molecular weight is 309 g/mol. The van der Waals surface area contributed by atoms with E-state index in [9.17, 15) is 0 Å². The predicted octanol–water partition coefficient (Wildman–Crippen LogP) is 1.41. The SMILES string of the molecule is COCCOc1cc(B2OC(C)(C)C(C)(C)O2)cnc1OC. The highest BCUT2D eigenvalue weighted by Gasteiger charge is 2.52. The van der Waals surface area contributed by atoms with Gasteiger partial charge >= 0.3 is 7.12 Å². The van der Waals surface area contributed by atoms with Gasteiger partial charge in [0, 0.05) is 18.8 Å². The van der Waals surface area contributed by atoms with Gasteiger partial charge in [-0.1, -0.05) is 0 Å². The van der Waals surface area contributed by atoms with Crippen LogP contribution >= 0.6 is 0 Å². The van der Waals surface area contributed by atoms with E-state index in [0.717, 1.165) is 5.46 Å². The molecule has 6 nitrogen and oxygen atoms in total. The summed E-state index contributed by atoms with van der Waals surface area (Å²) in [6.45, 7) is 8.96. The molecule has 22 heavy (non-hydrogen) atoms. The van der Waals surface area contributed by atoms with E-state index in [2.05, 4.69) is 4.98 Å². The largest absolute Gasteiger partial charge is 0.496 e. The summed E-state index contributed by atoms with van der Waals surface area (Å²) < 4.78 is 27.9. The van der Waals surface area contributed by atoms with Crippen LogP contribution < -0.4 is 14.9 Å². The smallest absolute Gasteiger partial charge is 0.486 e. The van der Waals surface area contributed by atoms with E-state index >= 15 is 0 Å². The topological polar surface area (TPSA) is 59.0 Å². The Kier molecular flexibility index (Phi) is 4.99. The number of nitrogens with zero attached hydrogens (tertiary/aromatic N) is 1. The molecular formula is C15H24BNO5. The minimum absolute atomic E-state index is 0.394. The van der Waals surface area contributed by atoms with Gasteiger partial charge in [-0.3, -0.25) is 0 Å². The molecule has 0 saturated carbocycles. The summed E-state index contributed by atoms with van der Waals surface area (Å²) in [6, 6.07) is 1.84. The first kappa shape index (κ1) is 17.1. The van der Waals surface area contributed by atoms with Crippen molar-refractivity contribution in [2.75, 3.05) is 27.4 Å². The van der Waals surface area contributed by atoms with E-state index in [4.69, 9.17) is 23.5 Å². The van der Waals surface area contributed by atoms with Gasteiger partial charge in [-0.05, 0) is 33.8 Å². The van der Waals surface area contributed by atoms with Crippen LogP contribution in [0.4, 0.5) is 0 Å². The summed E-state index contributed by atoms with van der Waals surface area (Å²) in [5.41, 5.74) is 0.00966. The Morgan fingerprint density at radius 2 is 1.73 bits per heavy atom. The maximum absolute atomic E-state index is 6.02. The maximum Gasteiger partial charge on any atom is 0.496 e. The summed E-state index contributed by atoms with van der Waals surface area (Å²) in [6.07, 6.45) is 1.68. The third-order valence-corrected chi connectivity index (χ3v) is 4.10. The van der Waals surface area contributed by atoms with Crippen LogP contribution in [0.15, 0.2) is 12.3 Å². The highest BCUT2D eigenvalue weighted by Crippen LogP contribution is 2.36. The van der Waals surface area contributed by atoms with Crippen LogP contribution in [0.5, 0.6) is 11.6 Å². The van der Waals surface area contributed by atoms with Crippen LogP contribution in [0.1, 0.15) is 27.7 Å². The van der Waals surface area contributed by atoms with Gasteiger partial charge in [0.25, 0.3) is 5.88 Å². The van der Waals surface area contributed by atoms with E-state index < -0.39 is 18.3 Å². The lowest BCUT2D eigenvalue weighted by atomic mass is 9.80. The molecule has 0 spiro atoms. The standard InChI is InChI=1S/C15H24BNO5/c1-14(2)15(3,4)22-16(21-14)11-9-12(20-8-7-18-5)13(19-6)17-10-11/h9-10H,7-8H2,1-6H3. The number of rotatable bonds is 6. The summed E-state index contributed by atoms with van der Waals surface area (Å²) in [5.74, 6) is 0.975. The number of ether oxygens (including phenoxy) is 3. The van der Waals surface area contributed by atoms with Crippen molar-refractivity contribution in [3.8, 4) is 11.6 Å². The molecule has 1 aromatic heterocycles. The Hall–Kier alpha value is -1.31. The Morgan fingerprint density at radius 1 is 1.09 bits per heavy atom. The number of hydrogen-bond donors (Lipinski definition) is 0. The highest BCUT2D eigenvalue weighted by atomic mass is 16.7. The lowest BCUT2D eigenvalue weighted by Crippen LogP contribution is -2.41. The fourth-order valence-electron chi connectivity index (χ4n) is 2.05. The van der Waals surface area contributed by atoms with Crippen molar-refractivity contribution in [3.05, 3.63) is 12.3 Å². The lowest BCUT2D eigenvalue weighted by molar-refractivity contribution is 0.00578. The Labute approximate surface area is 132 Å². The van der Waals surface area contributed by atoms with Gasteiger partial charge in [0.2, 0.25) is 0 Å². The van der Waals surface area contributed by atoms with Crippen LogP contribution in [0.3, 0.4) is 0 Å². The predicted molar refractivity (Wildman–Crippen MR) is 83.9 cm³/mol. The molecule has 1 aliphatic rings. The first-order valence-corrected chi connectivity index (χ1v) is 7.32. The molecule has 122 valence electrons. The van der Waals surface area contributed by atoms with Crippen LogP contribution in [-0.2, 0) is 14.0 Å². The van der Waals surface area contributed by atoms with Gasteiger partial charge in [-0.2, -0.15) is 0 Å². The Balaban J connectivity index is 2.20. The molecular weight excluding hydrogens is 285 g/mol. The molecule has 1 saturated heterocycles. The molecule has 7 heteroatoms. The number of methoxy groups -OCH3 is 2. The van der Waals surface area contributed by atoms with Crippen molar-refractivity contribution in [2.24, 2.45) is 0 Å². The first-order valence-electron chi connectivity index (χ1n) is 7.32. The third-order valence-electron chi connectivity index (χ3n) is 4.10. The van der Waals surface area contributed by atoms with Crippen molar-refractivity contribution >= 4 is 12.6 Å². The molecule has 0 atom stereocenters. The number of pyridine rings is 1. The molecule has 0 aliphatic carbocycles. The molecule has 0 aromatic carbocycles. The average Bonchev–Trinajstić information content (AvgIpc) is 2.67. The maximum atomic E-state index is 6.02. The fourth-order valence-corrected chi connectivity index (χ4v) is 2.05. The molecule has 2 rings (SSSR count). The number of aromatic nitrogens is 1. The molecule has 1 aliphatic heterocycles. The summed E-state index contributed by atoms with van der Waals surface area (Å²) in [5, 5.41) is 0. The minimum Gasteiger partial charge on any atom is -0.486 e. The molecule has 1 aromatic rings. The van der Waals surface area contributed by atoms with Crippen LogP contribution in [0, 0.1) is 0 Å². The molecule has 0 N–H and O–H groups in total. The normalized spacial score (nSPS) is 19.3. The van der Waals surface area contributed by atoms with Gasteiger partial charge < -0.3 is 23.5 Å². The first-order chi connectivity index (χ1) is 10.3. The van der Waals surface area contributed by atoms with Crippen LogP contribution in [0.25, 0.3) is 0 Å². The molecule has 2 heterocycles. The quantitative estimate of drug-likeness (QED) is 0.585. The second-order valence-corrected chi connectivity index (χ2v) is 6.21. The Morgan fingerprint density at radius 3 is 2.27 bits per heavy atom. The second kappa shape index (κ2) is 6.44. The second-order valence-electron chi connectivity index (χ2n) is 6.21. The van der Waals surface area contributed by atoms with E-state index in [1.54, 1.807) is 20.4 Å². The summed E-state index contributed by atoms with van der Waals surface area (Å²) in [4.78, 5) is 4.27. The van der Waals surface area contributed by atoms with Gasteiger partial charge in [0.05, 0.1) is 24.9 Å². The summed E-state index contributed by atoms with van der Waals surface area (Å²) in [7, 11) is 2.70. The lowest BCUT2D eigenvalue weighted by Gasteiger charge is -2.32. The van der Waals surface area contributed by atoms with E-state index in [1.807, 2.05) is 33.8 Å². The van der Waals surface area contributed by atoms with Crippen molar-refractivity contribution in [1.29, 1.82) is 0 Å². The molecule has 0 radical (unpaired) electrons. The summed E-state index contributed by atoms with van der Waals surface area (Å²) >= 11 is 0. The zero-order valence-electron chi connectivity index (χ0n) is 14.1. The third kappa shape index (κ3) is 3.37. The van der Waals surface area contributed by atoms with Crippen LogP contribution in [-0.4, -0.2) is 50.7 Å². The molecule has 1 fully saturated rings. The van der Waals surface area contributed by atoms with Crippen LogP contribution in [0.2, 0.25) is 0 Å². The van der Waals surface area contributed by atoms with Gasteiger partial charge in [-0.15, -0.1) is 0 Å². The Bertz CT molecular complexity index is 505. The fraction of sp³-hybridized carbons (Fsp3) is 0.667.